The first-order valence-electron chi connectivity index (χ1n) is 6.63. The van der Waals surface area contributed by atoms with Gasteiger partial charge in [0, 0.05) is 13.2 Å². The Morgan fingerprint density at radius 1 is 1.10 bits per heavy atom. The van der Waals surface area contributed by atoms with Crippen LogP contribution in [0.3, 0.4) is 0 Å². The Bertz CT molecular complexity index is 532. The summed E-state index contributed by atoms with van der Waals surface area (Å²) in [5.41, 5.74) is 1.46. The van der Waals surface area contributed by atoms with E-state index in [1.54, 1.807) is 21.3 Å². The molecular formula is C16H22O4. The lowest BCUT2D eigenvalue weighted by Gasteiger charge is -2.32. The van der Waals surface area contributed by atoms with Gasteiger partial charge in [-0.2, -0.15) is 0 Å². The van der Waals surface area contributed by atoms with Gasteiger partial charge < -0.3 is 18.9 Å². The highest BCUT2D eigenvalue weighted by atomic mass is 16.5. The van der Waals surface area contributed by atoms with Crippen molar-refractivity contribution < 1.29 is 18.9 Å². The Kier molecular flexibility index (Phi) is 3.95. The zero-order valence-corrected chi connectivity index (χ0v) is 12.9. The summed E-state index contributed by atoms with van der Waals surface area (Å²) in [6.07, 6.45) is 3.92. The third-order valence-corrected chi connectivity index (χ3v) is 3.50. The van der Waals surface area contributed by atoms with Gasteiger partial charge in [0.2, 0.25) is 0 Å². The van der Waals surface area contributed by atoms with Gasteiger partial charge in [-0.25, -0.2) is 0 Å². The van der Waals surface area contributed by atoms with Crippen molar-refractivity contribution in [1.82, 2.24) is 0 Å². The Morgan fingerprint density at radius 3 is 2.30 bits per heavy atom. The third-order valence-electron chi connectivity index (χ3n) is 3.50. The minimum absolute atomic E-state index is 0.132. The van der Waals surface area contributed by atoms with E-state index in [0.29, 0.717) is 5.75 Å². The SMILES string of the molecule is COc1cc(OC)c(C(C)OC)c2c1C=CC(C)(C)O2. The molecule has 1 aliphatic heterocycles. The van der Waals surface area contributed by atoms with Crippen molar-refractivity contribution in [3.05, 3.63) is 23.3 Å². The maximum absolute atomic E-state index is 6.13. The lowest BCUT2D eigenvalue weighted by molar-refractivity contribution is 0.103. The highest BCUT2D eigenvalue weighted by molar-refractivity contribution is 5.72. The van der Waals surface area contributed by atoms with E-state index in [4.69, 9.17) is 18.9 Å². The lowest BCUT2D eigenvalue weighted by Crippen LogP contribution is -2.28. The van der Waals surface area contributed by atoms with Crippen LogP contribution < -0.4 is 14.2 Å². The Labute approximate surface area is 120 Å². The highest BCUT2D eigenvalue weighted by Gasteiger charge is 2.30. The minimum Gasteiger partial charge on any atom is -0.496 e. The number of benzene rings is 1. The normalized spacial score (nSPS) is 17.1. The molecule has 0 aromatic heterocycles. The predicted octanol–water partition coefficient (Wildman–Crippen LogP) is 3.60. The van der Waals surface area contributed by atoms with Crippen molar-refractivity contribution in [2.24, 2.45) is 0 Å². The predicted molar refractivity (Wildman–Crippen MR) is 78.7 cm³/mol. The van der Waals surface area contributed by atoms with Crippen LogP contribution in [-0.2, 0) is 4.74 Å². The Hall–Kier alpha value is -1.68. The van der Waals surface area contributed by atoms with Crippen molar-refractivity contribution in [2.45, 2.75) is 32.5 Å². The summed E-state index contributed by atoms with van der Waals surface area (Å²) in [5.74, 6) is 2.21. The van der Waals surface area contributed by atoms with Gasteiger partial charge in [-0.3, -0.25) is 0 Å². The molecule has 0 radical (unpaired) electrons. The highest BCUT2D eigenvalue weighted by Crippen LogP contribution is 2.47. The smallest absolute Gasteiger partial charge is 0.141 e. The van der Waals surface area contributed by atoms with E-state index in [9.17, 15) is 0 Å². The Balaban J connectivity index is 2.71. The second-order valence-electron chi connectivity index (χ2n) is 5.35. The van der Waals surface area contributed by atoms with Crippen molar-refractivity contribution in [1.29, 1.82) is 0 Å². The van der Waals surface area contributed by atoms with Gasteiger partial charge >= 0.3 is 0 Å². The fraction of sp³-hybridized carbons (Fsp3) is 0.500. The van der Waals surface area contributed by atoms with Gasteiger partial charge in [-0.05, 0) is 32.9 Å². The molecule has 20 heavy (non-hydrogen) atoms. The topological polar surface area (TPSA) is 36.9 Å². The molecule has 0 aliphatic carbocycles. The van der Waals surface area contributed by atoms with Crippen LogP contribution in [0.25, 0.3) is 6.08 Å². The molecule has 1 unspecified atom stereocenters. The number of ether oxygens (including phenoxy) is 4. The summed E-state index contributed by atoms with van der Waals surface area (Å²) in [5, 5.41) is 0. The first-order valence-corrected chi connectivity index (χ1v) is 6.63. The number of hydrogen-bond donors (Lipinski definition) is 0. The average molecular weight is 278 g/mol. The molecule has 1 aliphatic rings. The van der Waals surface area contributed by atoms with E-state index in [2.05, 4.69) is 0 Å². The average Bonchev–Trinajstić information content (AvgIpc) is 2.43. The van der Waals surface area contributed by atoms with Crippen molar-refractivity contribution in [3.8, 4) is 17.2 Å². The molecular weight excluding hydrogens is 256 g/mol. The third kappa shape index (κ3) is 2.48. The molecule has 0 amide bonds. The zero-order valence-electron chi connectivity index (χ0n) is 12.9. The summed E-state index contributed by atoms with van der Waals surface area (Å²) < 4.78 is 22.5. The van der Waals surface area contributed by atoms with E-state index in [1.807, 2.05) is 39.0 Å². The zero-order chi connectivity index (χ0) is 14.9. The van der Waals surface area contributed by atoms with Crippen LogP contribution in [0, 0.1) is 0 Å². The molecule has 0 fully saturated rings. The first kappa shape index (κ1) is 14.7. The van der Waals surface area contributed by atoms with E-state index in [0.717, 1.165) is 22.6 Å². The quantitative estimate of drug-likeness (QED) is 0.843. The van der Waals surface area contributed by atoms with Crippen LogP contribution in [0.2, 0.25) is 0 Å². The van der Waals surface area contributed by atoms with Gasteiger partial charge in [0.15, 0.2) is 0 Å². The largest absolute Gasteiger partial charge is 0.496 e. The maximum Gasteiger partial charge on any atom is 0.141 e. The molecule has 0 saturated heterocycles. The Morgan fingerprint density at radius 2 is 1.75 bits per heavy atom. The second-order valence-corrected chi connectivity index (χ2v) is 5.35. The minimum atomic E-state index is -0.368. The van der Waals surface area contributed by atoms with Crippen LogP contribution in [0.1, 0.15) is 38.0 Å². The monoisotopic (exact) mass is 278 g/mol. The molecule has 0 saturated carbocycles. The molecule has 2 rings (SSSR count). The van der Waals surface area contributed by atoms with Gasteiger partial charge in [0.05, 0.1) is 31.5 Å². The van der Waals surface area contributed by atoms with Gasteiger partial charge in [-0.15, -0.1) is 0 Å². The summed E-state index contributed by atoms with van der Waals surface area (Å²) in [7, 11) is 4.95. The van der Waals surface area contributed by atoms with Gasteiger partial charge in [0.1, 0.15) is 22.8 Å². The molecule has 110 valence electrons. The van der Waals surface area contributed by atoms with Crippen LogP contribution in [0.4, 0.5) is 0 Å². The summed E-state index contributed by atoms with van der Waals surface area (Å²) in [4.78, 5) is 0. The summed E-state index contributed by atoms with van der Waals surface area (Å²) in [6.45, 7) is 6.00. The summed E-state index contributed by atoms with van der Waals surface area (Å²) in [6, 6.07) is 1.87. The number of rotatable bonds is 4. The molecule has 4 nitrogen and oxygen atoms in total. The summed E-state index contributed by atoms with van der Waals surface area (Å²) >= 11 is 0. The van der Waals surface area contributed by atoms with Crippen LogP contribution in [0.5, 0.6) is 17.2 Å². The lowest BCUT2D eigenvalue weighted by atomic mass is 9.96. The maximum atomic E-state index is 6.13. The fourth-order valence-electron chi connectivity index (χ4n) is 2.33. The first-order chi connectivity index (χ1) is 9.43. The fourth-order valence-corrected chi connectivity index (χ4v) is 2.33. The van der Waals surface area contributed by atoms with Gasteiger partial charge in [-0.1, -0.05) is 0 Å². The molecule has 1 aromatic carbocycles. The van der Waals surface area contributed by atoms with E-state index < -0.39 is 0 Å². The van der Waals surface area contributed by atoms with Crippen LogP contribution in [-0.4, -0.2) is 26.9 Å². The molecule has 0 spiro atoms. The van der Waals surface area contributed by atoms with E-state index >= 15 is 0 Å². The second kappa shape index (κ2) is 5.37. The van der Waals surface area contributed by atoms with Crippen molar-refractivity contribution >= 4 is 6.08 Å². The number of hydrogen-bond acceptors (Lipinski definition) is 4. The molecule has 1 heterocycles. The molecule has 1 aromatic rings. The number of fused-ring (bicyclic) bond motifs is 1. The van der Waals surface area contributed by atoms with Crippen molar-refractivity contribution in [2.75, 3.05) is 21.3 Å². The number of methoxy groups -OCH3 is 3. The molecule has 4 heteroatoms. The van der Waals surface area contributed by atoms with Gasteiger partial charge in [0.25, 0.3) is 0 Å². The molecule has 1 atom stereocenters. The van der Waals surface area contributed by atoms with Crippen LogP contribution >= 0.6 is 0 Å². The standard InChI is InChI=1S/C16H22O4/c1-10(17-4)14-13(19-6)9-12(18-5)11-7-8-16(2,3)20-15(11)14/h7-10H,1-6H3. The van der Waals surface area contributed by atoms with E-state index in [1.165, 1.54) is 0 Å². The van der Waals surface area contributed by atoms with Crippen LogP contribution in [0.15, 0.2) is 12.1 Å². The molecule has 0 N–H and O–H groups in total. The molecule has 0 bridgehead atoms. The van der Waals surface area contributed by atoms with E-state index in [-0.39, 0.29) is 11.7 Å². The van der Waals surface area contributed by atoms with Crippen molar-refractivity contribution in [3.63, 3.8) is 0 Å².